The number of carbonyl (C=O) groups is 2. The SMILES string of the molecule is C=C1CC(CC)C(=O)N1CCC(=O)N(C)CC. The van der Waals surface area contributed by atoms with Crippen LogP contribution in [0.25, 0.3) is 0 Å². The molecular formula is C13H22N2O2. The fourth-order valence-electron chi connectivity index (χ4n) is 2.02. The summed E-state index contributed by atoms with van der Waals surface area (Å²) in [6.07, 6.45) is 1.97. The summed E-state index contributed by atoms with van der Waals surface area (Å²) in [6.45, 7) is 9.02. The highest BCUT2D eigenvalue weighted by molar-refractivity contribution is 5.84. The van der Waals surface area contributed by atoms with Crippen LogP contribution in [0, 0.1) is 5.92 Å². The van der Waals surface area contributed by atoms with Crippen molar-refractivity contribution in [1.29, 1.82) is 0 Å². The molecule has 0 aromatic carbocycles. The molecule has 1 atom stereocenters. The van der Waals surface area contributed by atoms with E-state index in [0.717, 1.165) is 18.5 Å². The summed E-state index contributed by atoms with van der Waals surface area (Å²) in [7, 11) is 1.78. The highest BCUT2D eigenvalue weighted by Gasteiger charge is 2.33. The minimum absolute atomic E-state index is 0.0708. The predicted molar refractivity (Wildman–Crippen MR) is 67.2 cm³/mol. The van der Waals surface area contributed by atoms with Crippen LogP contribution in [0.15, 0.2) is 12.3 Å². The van der Waals surface area contributed by atoms with Gasteiger partial charge in [0.2, 0.25) is 11.8 Å². The molecule has 0 aliphatic carbocycles. The molecule has 0 radical (unpaired) electrons. The second-order valence-electron chi connectivity index (χ2n) is 4.52. The van der Waals surface area contributed by atoms with E-state index >= 15 is 0 Å². The number of allylic oxidation sites excluding steroid dienone is 1. The lowest BCUT2D eigenvalue weighted by Crippen LogP contribution is -2.33. The average molecular weight is 238 g/mol. The Kier molecular flexibility index (Phi) is 4.73. The predicted octanol–water partition coefficient (Wildman–Crippen LogP) is 1.63. The summed E-state index contributed by atoms with van der Waals surface area (Å²) in [5.41, 5.74) is 0.855. The molecule has 1 fully saturated rings. The van der Waals surface area contributed by atoms with Gasteiger partial charge in [-0.15, -0.1) is 0 Å². The van der Waals surface area contributed by atoms with Crippen LogP contribution in [0.3, 0.4) is 0 Å². The van der Waals surface area contributed by atoms with E-state index < -0.39 is 0 Å². The lowest BCUT2D eigenvalue weighted by molar-refractivity contribution is -0.132. The Hall–Kier alpha value is -1.32. The van der Waals surface area contributed by atoms with Gasteiger partial charge >= 0.3 is 0 Å². The van der Waals surface area contributed by atoms with Crippen LogP contribution in [0.4, 0.5) is 0 Å². The molecular weight excluding hydrogens is 216 g/mol. The molecule has 1 rings (SSSR count). The van der Waals surface area contributed by atoms with Gasteiger partial charge < -0.3 is 9.80 Å². The monoisotopic (exact) mass is 238 g/mol. The molecule has 4 heteroatoms. The molecule has 2 amide bonds. The maximum Gasteiger partial charge on any atom is 0.230 e. The minimum atomic E-state index is 0.0708. The first kappa shape index (κ1) is 13.7. The molecule has 0 spiro atoms. The van der Waals surface area contributed by atoms with Crippen molar-refractivity contribution >= 4 is 11.8 Å². The number of nitrogens with zero attached hydrogens (tertiary/aromatic N) is 2. The van der Waals surface area contributed by atoms with Gasteiger partial charge in [0, 0.05) is 38.2 Å². The third-order valence-electron chi connectivity index (χ3n) is 3.42. The second kappa shape index (κ2) is 5.84. The van der Waals surface area contributed by atoms with Gasteiger partial charge in [0.25, 0.3) is 0 Å². The first-order valence-electron chi connectivity index (χ1n) is 6.24. The fourth-order valence-corrected chi connectivity index (χ4v) is 2.02. The lowest BCUT2D eigenvalue weighted by Gasteiger charge is -2.20. The zero-order valence-corrected chi connectivity index (χ0v) is 11.0. The van der Waals surface area contributed by atoms with Crippen molar-refractivity contribution in [3.05, 3.63) is 12.3 Å². The van der Waals surface area contributed by atoms with Crippen LogP contribution in [0.1, 0.15) is 33.1 Å². The van der Waals surface area contributed by atoms with Crippen molar-refractivity contribution in [1.82, 2.24) is 9.80 Å². The quantitative estimate of drug-likeness (QED) is 0.730. The number of hydrogen-bond acceptors (Lipinski definition) is 2. The molecule has 96 valence electrons. The van der Waals surface area contributed by atoms with Crippen molar-refractivity contribution in [3.8, 4) is 0 Å². The number of carbonyl (C=O) groups excluding carboxylic acids is 2. The van der Waals surface area contributed by atoms with E-state index in [9.17, 15) is 9.59 Å². The first-order chi connectivity index (χ1) is 8.01. The third kappa shape index (κ3) is 3.08. The molecule has 1 heterocycles. The highest BCUT2D eigenvalue weighted by atomic mass is 16.2. The summed E-state index contributed by atoms with van der Waals surface area (Å²) in [4.78, 5) is 26.9. The summed E-state index contributed by atoms with van der Waals surface area (Å²) >= 11 is 0. The van der Waals surface area contributed by atoms with Gasteiger partial charge in [-0.3, -0.25) is 9.59 Å². The largest absolute Gasteiger partial charge is 0.346 e. The van der Waals surface area contributed by atoms with E-state index in [1.165, 1.54) is 0 Å². The minimum Gasteiger partial charge on any atom is -0.346 e. The van der Waals surface area contributed by atoms with E-state index in [1.807, 2.05) is 13.8 Å². The molecule has 1 aliphatic rings. The van der Waals surface area contributed by atoms with Gasteiger partial charge in [0.15, 0.2) is 0 Å². The van der Waals surface area contributed by atoms with Crippen LogP contribution in [-0.2, 0) is 9.59 Å². The Labute approximate surface area is 103 Å². The van der Waals surface area contributed by atoms with E-state index in [4.69, 9.17) is 0 Å². The Morgan fingerprint density at radius 3 is 2.65 bits per heavy atom. The fraction of sp³-hybridized carbons (Fsp3) is 0.692. The molecule has 0 aromatic heterocycles. The van der Waals surface area contributed by atoms with E-state index in [1.54, 1.807) is 16.8 Å². The summed E-state index contributed by atoms with van der Waals surface area (Å²) in [6, 6.07) is 0. The number of likely N-dealkylation sites (tertiary alicyclic amines) is 1. The van der Waals surface area contributed by atoms with Crippen molar-refractivity contribution in [3.63, 3.8) is 0 Å². The van der Waals surface area contributed by atoms with Crippen molar-refractivity contribution < 1.29 is 9.59 Å². The van der Waals surface area contributed by atoms with Gasteiger partial charge in [0.05, 0.1) is 0 Å². The number of amides is 2. The Bertz CT molecular complexity index is 325. The average Bonchev–Trinajstić information content (AvgIpc) is 2.60. The van der Waals surface area contributed by atoms with Gasteiger partial charge in [-0.05, 0) is 19.8 Å². The zero-order valence-electron chi connectivity index (χ0n) is 11.0. The smallest absolute Gasteiger partial charge is 0.230 e. The summed E-state index contributed by atoms with van der Waals surface area (Å²) in [5, 5.41) is 0. The van der Waals surface area contributed by atoms with Gasteiger partial charge in [-0.1, -0.05) is 13.5 Å². The van der Waals surface area contributed by atoms with E-state index in [0.29, 0.717) is 19.5 Å². The molecule has 1 aliphatic heterocycles. The molecule has 0 aromatic rings. The molecule has 17 heavy (non-hydrogen) atoms. The zero-order chi connectivity index (χ0) is 13.0. The maximum atomic E-state index is 11.9. The lowest BCUT2D eigenvalue weighted by atomic mass is 10.1. The Balaban J connectivity index is 2.50. The van der Waals surface area contributed by atoms with E-state index in [-0.39, 0.29) is 17.7 Å². The van der Waals surface area contributed by atoms with Crippen LogP contribution >= 0.6 is 0 Å². The standard InChI is InChI=1S/C13H22N2O2/c1-5-11-9-10(3)15(13(11)17)8-7-12(16)14(4)6-2/h11H,3,5-9H2,1-2,4H3. The van der Waals surface area contributed by atoms with Crippen LogP contribution < -0.4 is 0 Å². The Morgan fingerprint density at radius 2 is 2.18 bits per heavy atom. The van der Waals surface area contributed by atoms with Crippen LogP contribution in [0.5, 0.6) is 0 Å². The van der Waals surface area contributed by atoms with Crippen molar-refractivity contribution in [2.45, 2.75) is 33.1 Å². The Morgan fingerprint density at radius 1 is 1.53 bits per heavy atom. The topological polar surface area (TPSA) is 40.6 Å². The van der Waals surface area contributed by atoms with Gasteiger partial charge in [-0.2, -0.15) is 0 Å². The molecule has 0 N–H and O–H groups in total. The number of rotatable bonds is 5. The third-order valence-corrected chi connectivity index (χ3v) is 3.42. The molecule has 1 saturated heterocycles. The van der Waals surface area contributed by atoms with E-state index in [2.05, 4.69) is 6.58 Å². The van der Waals surface area contributed by atoms with Crippen molar-refractivity contribution in [2.24, 2.45) is 5.92 Å². The second-order valence-corrected chi connectivity index (χ2v) is 4.52. The molecule has 4 nitrogen and oxygen atoms in total. The molecule has 0 bridgehead atoms. The van der Waals surface area contributed by atoms with Gasteiger partial charge in [-0.25, -0.2) is 0 Å². The van der Waals surface area contributed by atoms with Crippen LogP contribution in [0.2, 0.25) is 0 Å². The van der Waals surface area contributed by atoms with Crippen LogP contribution in [-0.4, -0.2) is 41.8 Å². The normalized spacial score (nSPS) is 19.9. The van der Waals surface area contributed by atoms with Crippen molar-refractivity contribution in [2.75, 3.05) is 20.1 Å². The summed E-state index contributed by atoms with van der Waals surface area (Å²) in [5.74, 6) is 0.277. The molecule has 1 unspecified atom stereocenters. The molecule has 0 saturated carbocycles. The maximum absolute atomic E-state index is 11.9. The highest BCUT2D eigenvalue weighted by Crippen LogP contribution is 2.28. The first-order valence-corrected chi connectivity index (χ1v) is 6.24. The van der Waals surface area contributed by atoms with Gasteiger partial charge in [0.1, 0.15) is 0 Å². The summed E-state index contributed by atoms with van der Waals surface area (Å²) < 4.78 is 0. The number of hydrogen-bond donors (Lipinski definition) is 0.